The number of hydrogen-bond donors (Lipinski definition) is 3. The van der Waals surface area contributed by atoms with E-state index in [-0.39, 0.29) is 52.9 Å². The molecule has 3 N–H and O–H groups in total. The third kappa shape index (κ3) is 6.14. The Kier molecular flexibility index (Phi) is 8.27. The van der Waals surface area contributed by atoms with E-state index < -0.39 is 46.1 Å². The van der Waals surface area contributed by atoms with Gasteiger partial charge in [-0.25, -0.2) is 12.8 Å². The van der Waals surface area contributed by atoms with Crippen molar-refractivity contribution in [3.8, 4) is 17.2 Å². The summed E-state index contributed by atoms with van der Waals surface area (Å²) < 4.78 is 50.5. The third-order valence-corrected chi connectivity index (χ3v) is 7.58. The monoisotopic (exact) mass is 565 g/mol. The third-order valence-electron chi connectivity index (χ3n) is 6.39. The SMILES string of the molecule is COc1cc2c(c(F)c1OC)C(=N)N(CC(=O)c1cc(CN(CC(=O)O)S(C)(=O)=O)c(O)c(C(C)(C)C)c1)C2. The second kappa shape index (κ2) is 10.8. The van der Waals surface area contributed by atoms with Crippen LogP contribution in [0.5, 0.6) is 17.2 Å². The van der Waals surface area contributed by atoms with Gasteiger partial charge >= 0.3 is 5.97 Å². The summed E-state index contributed by atoms with van der Waals surface area (Å²) in [5.41, 5.74) is 0.313. The van der Waals surface area contributed by atoms with Gasteiger partial charge in [-0.3, -0.25) is 15.0 Å². The Morgan fingerprint density at radius 1 is 1.18 bits per heavy atom. The van der Waals surface area contributed by atoms with Crippen LogP contribution in [0.1, 0.15) is 53.4 Å². The zero-order valence-electron chi connectivity index (χ0n) is 22.6. The number of phenols is 1. The molecule has 0 fully saturated rings. The van der Waals surface area contributed by atoms with Crippen LogP contribution in [0.4, 0.5) is 4.39 Å². The first-order valence-electron chi connectivity index (χ1n) is 11.8. The number of carboxylic acid groups (broad SMARTS) is 1. The number of halogens is 1. The van der Waals surface area contributed by atoms with Gasteiger partial charge in [0.05, 0.1) is 32.6 Å². The predicted octanol–water partition coefficient (Wildman–Crippen LogP) is 2.72. The maximum Gasteiger partial charge on any atom is 0.318 e. The lowest BCUT2D eigenvalue weighted by molar-refractivity contribution is -0.137. The minimum Gasteiger partial charge on any atom is -0.507 e. The fourth-order valence-electron chi connectivity index (χ4n) is 4.40. The lowest BCUT2D eigenvalue weighted by atomic mass is 9.83. The summed E-state index contributed by atoms with van der Waals surface area (Å²) in [7, 11) is -1.32. The highest BCUT2D eigenvalue weighted by atomic mass is 32.2. The summed E-state index contributed by atoms with van der Waals surface area (Å²) in [4.78, 5) is 26.1. The molecule has 0 spiro atoms. The number of aliphatic carboxylic acids is 1. The molecule has 39 heavy (non-hydrogen) atoms. The molecule has 11 nitrogen and oxygen atoms in total. The van der Waals surface area contributed by atoms with Gasteiger partial charge in [-0.2, -0.15) is 4.31 Å². The molecule has 0 saturated heterocycles. The van der Waals surface area contributed by atoms with E-state index in [1.54, 1.807) is 26.8 Å². The molecule has 0 aromatic heterocycles. The molecule has 0 saturated carbocycles. The van der Waals surface area contributed by atoms with Gasteiger partial charge in [-0.05, 0) is 29.2 Å². The van der Waals surface area contributed by atoms with Gasteiger partial charge in [0.1, 0.15) is 18.1 Å². The van der Waals surface area contributed by atoms with Gasteiger partial charge in [0.15, 0.2) is 23.1 Å². The molecule has 0 atom stereocenters. The fourth-order valence-corrected chi connectivity index (χ4v) is 5.12. The minimum atomic E-state index is -3.96. The van der Waals surface area contributed by atoms with Crippen molar-refractivity contribution in [2.45, 2.75) is 39.3 Å². The molecule has 2 aromatic rings. The summed E-state index contributed by atoms with van der Waals surface area (Å²) in [5, 5.41) is 28.6. The van der Waals surface area contributed by atoms with Crippen LogP contribution in [-0.4, -0.2) is 79.0 Å². The Balaban J connectivity index is 1.99. The fraction of sp³-hybridized carbons (Fsp3) is 0.423. The smallest absolute Gasteiger partial charge is 0.318 e. The van der Waals surface area contributed by atoms with Crippen molar-refractivity contribution in [1.29, 1.82) is 5.41 Å². The maximum atomic E-state index is 15.1. The highest BCUT2D eigenvalue weighted by Crippen LogP contribution is 2.39. The van der Waals surface area contributed by atoms with Crippen LogP contribution in [-0.2, 0) is 33.3 Å². The number of rotatable bonds is 10. The van der Waals surface area contributed by atoms with Crippen molar-refractivity contribution >= 4 is 27.6 Å². The number of carbonyl (C=O) groups excluding carboxylic acids is 1. The van der Waals surface area contributed by atoms with Crippen molar-refractivity contribution in [1.82, 2.24) is 9.21 Å². The first kappa shape index (κ1) is 29.8. The van der Waals surface area contributed by atoms with Crippen molar-refractivity contribution in [3.05, 3.63) is 51.8 Å². The largest absolute Gasteiger partial charge is 0.507 e. The second-order valence-electron chi connectivity index (χ2n) is 10.3. The summed E-state index contributed by atoms with van der Waals surface area (Å²) in [5.74, 6) is -3.07. The number of nitrogens with one attached hydrogen (secondary N) is 1. The number of carboxylic acids is 1. The van der Waals surface area contributed by atoms with Crippen LogP contribution >= 0.6 is 0 Å². The van der Waals surface area contributed by atoms with Gasteiger partial charge in [0, 0.05) is 29.8 Å². The van der Waals surface area contributed by atoms with E-state index in [9.17, 15) is 28.2 Å². The number of hydrogen-bond acceptors (Lipinski definition) is 8. The van der Waals surface area contributed by atoms with Gasteiger partial charge in [0.25, 0.3) is 0 Å². The number of aromatic hydroxyl groups is 1. The van der Waals surface area contributed by atoms with Crippen LogP contribution in [0.3, 0.4) is 0 Å². The Bertz CT molecular complexity index is 1450. The van der Waals surface area contributed by atoms with Crippen LogP contribution < -0.4 is 9.47 Å². The number of amidine groups is 1. The molecular formula is C26H32FN3O8S. The topological polar surface area (TPSA) is 158 Å². The van der Waals surface area contributed by atoms with Crippen molar-refractivity contribution in [2.24, 2.45) is 0 Å². The normalized spacial score (nSPS) is 13.5. The molecule has 1 heterocycles. The summed E-state index contributed by atoms with van der Waals surface area (Å²) in [6.45, 7) is 3.83. The number of sulfonamides is 1. The summed E-state index contributed by atoms with van der Waals surface area (Å²) >= 11 is 0. The Labute approximate surface area is 226 Å². The number of ether oxygens (including phenoxy) is 2. The van der Waals surface area contributed by atoms with Gasteiger partial charge in [-0.15, -0.1) is 0 Å². The molecule has 0 radical (unpaired) electrons. The molecule has 1 aliphatic heterocycles. The van der Waals surface area contributed by atoms with Crippen molar-refractivity contribution < 1.29 is 42.1 Å². The summed E-state index contributed by atoms with van der Waals surface area (Å²) in [6, 6.07) is 4.35. The number of carbonyl (C=O) groups is 2. The number of methoxy groups -OCH3 is 2. The molecule has 0 aliphatic carbocycles. The van der Waals surface area contributed by atoms with Gasteiger partial charge in [-0.1, -0.05) is 20.8 Å². The molecule has 2 aromatic carbocycles. The highest BCUT2D eigenvalue weighted by Gasteiger charge is 2.33. The van der Waals surface area contributed by atoms with Gasteiger partial charge in [0.2, 0.25) is 10.0 Å². The molecule has 212 valence electrons. The Morgan fingerprint density at radius 3 is 2.33 bits per heavy atom. The van der Waals surface area contributed by atoms with Crippen LogP contribution in [0.15, 0.2) is 18.2 Å². The summed E-state index contributed by atoms with van der Waals surface area (Å²) in [6.07, 6.45) is 0.854. The molecular weight excluding hydrogens is 533 g/mol. The Hall–Kier alpha value is -3.71. The van der Waals surface area contributed by atoms with E-state index >= 15 is 4.39 Å². The van der Waals surface area contributed by atoms with E-state index in [0.29, 0.717) is 15.4 Å². The predicted molar refractivity (Wildman–Crippen MR) is 141 cm³/mol. The van der Waals surface area contributed by atoms with Gasteiger partial charge < -0.3 is 24.6 Å². The first-order chi connectivity index (χ1) is 18.0. The molecule has 3 rings (SSSR count). The lowest BCUT2D eigenvalue weighted by Crippen LogP contribution is -2.34. The van der Waals surface area contributed by atoms with E-state index in [0.717, 1.165) is 6.26 Å². The van der Waals surface area contributed by atoms with Crippen LogP contribution in [0, 0.1) is 11.2 Å². The molecule has 0 amide bonds. The van der Waals surface area contributed by atoms with E-state index in [4.69, 9.17) is 14.9 Å². The maximum absolute atomic E-state index is 15.1. The highest BCUT2D eigenvalue weighted by molar-refractivity contribution is 7.88. The van der Waals surface area contributed by atoms with E-state index in [1.165, 1.54) is 31.3 Å². The number of phenolic OH excluding ortho intramolecular Hbond substituents is 1. The zero-order valence-corrected chi connectivity index (χ0v) is 23.4. The number of nitrogens with zero attached hydrogens (tertiary/aromatic N) is 2. The minimum absolute atomic E-state index is 0.000287. The molecule has 0 unspecified atom stereocenters. The molecule has 0 bridgehead atoms. The first-order valence-corrected chi connectivity index (χ1v) is 13.7. The van der Waals surface area contributed by atoms with Crippen LogP contribution in [0.2, 0.25) is 0 Å². The molecule has 13 heteroatoms. The number of benzene rings is 2. The average Bonchev–Trinajstić information content (AvgIpc) is 3.12. The zero-order chi connectivity index (χ0) is 29.4. The lowest BCUT2D eigenvalue weighted by Gasteiger charge is -2.25. The number of Topliss-reactive ketones (excluding diaryl/α,β-unsaturated/α-hetero) is 1. The van der Waals surface area contributed by atoms with Crippen molar-refractivity contribution in [2.75, 3.05) is 33.6 Å². The molecule has 1 aliphatic rings. The van der Waals surface area contributed by atoms with E-state index in [1.807, 2.05) is 0 Å². The quantitative estimate of drug-likeness (QED) is 0.368. The standard InChI is InChI=1S/C26H32FN3O8S/c1-26(2,3)17-8-14(7-16(23(17)34)11-30(13-20(32)33)39(6,35)36)18(31)12-29-10-15-9-19(37-4)24(38-5)22(27)21(15)25(29)28/h7-9,28,34H,10-13H2,1-6H3,(H,32,33). The Morgan fingerprint density at radius 2 is 1.82 bits per heavy atom. The average molecular weight is 566 g/mol. The van der Waals surface area contributed by atoms with Crippen molar-refractivity contribution in [3.63, 3.8) is 0 Å². The van der Waals surface area contributed by atoms with E-state index in [2.05, 4.69) is 0 Å². The number of ketones is 1. The van der Waals surface area contributed by atoms with Crippen LogP contribution in [0.25, 0.3) is 0 Å². The second-order valence-corrected chi connectivity index (χ2v) is 12.3. The number of fused-ring (bicyclic) bond motifs is 1.